The molecule has 0 aromatic carbocycles. The maximum Gasteiger partial charge on any atom is 0.217 e. The van der Waals surface area contributed by atoms with Gasteiger partial charge in [0.1, 0.15) is 17.8 Å². The smallest absolute Gasteiger partial charge is 0.217 e. The summed E-state index contributed by atoms with van der Waals surface area (Å²) in [6.45, 7) is 3.88. The van der Waals surface area contributed by atoms with E-state index in [0.29, 0.717) is 12.3 Å². The Kier molecular flexibility index (Phi) is 3.30. The quantitative estimate of drug-likeness (QED) is 0.876. The van der Waals surface area contributed by atoms with E-state index in [0.717, 1.165) is 42.8 Å². The number of rotatable bonds is 4. The third kappa shape index (κ3) is 2.21. The Morgan fingerprint density at radius 1 is 1.55 bits per heavy atom. The molecule has 1 amide bonds. The van der Waals surface area contributed by atoms with Crippen LogP contribution in [0, 0.1) is 5.92 Å². The standard InChI is InChI=1S/C14H19N5O/c1-2-10-6-16-13-12(10)14(18-8-17-13)19-4-3-9(7-19)5-11(15)20/h6,8-9H,2-5,7H2,1H3,(H2,15,20)(H,16,17,18). The molecular weight excluding hydrogens is 254 g/mol. The summed E-state index contributed by atoms with van der Waals surface area (Å²) in [5, 5.41) is 1.11. The lowest BCUT2D eigenvalue weighted by molar-refractivity contribution is -0.118. The van der Waals surface area contributed by atoms with E-state index in [1.54, 1.807) is 6.33 Å². The molecule has 1 aliphatic heterocycles. The Morgan fingerprint density at radius 2 is 2.40 bits per heavy atom. The van der Waals surface area contributed by atoms with Crippen molar-refractivity contribution in [3.05, 3.63) is 18.1 Å². The summed E-state index contributed by atoms with van der Waals surface area (Å²) >= 11 is 0. The van der Waals surface area contributed by atoms with E-state index in [-0.39, 0.29) is 5.91 Å². The van der Waals surface area contributed by atoms with Crippen molar-refractivity contribution in [2.45, 2.75) is 26.2 Å². The molecular formula is C14H19N5O. The fraction of sp³-hybridized carbons (Fsp3) is 0.500. The van der Waals surface area contributed by atoms with Gasteiger partial charge >= 0.3 is 0 Å². The highest BCUT2D eigenvalue weighted by Gasteiger charge is 2.26. The molecule has 3 heterocycles. The summed E-state index contributed by atoms with van der Waals surface area (Å²) in [5.41, 5.74) is 7.40. The molecule has 1 aliphatic rings. The molecule has 3 N–H and O–H groups in total. The fourth-order valence-electron chi connectivity index (χ4n) is 3.00. The van der Waals surface area contributed by atoms with Crippen molar-refractivity contribution in [3.63, 3.8) is 0 Å². The number of primary amides is 1. The third-order valence-corrected chi connectivity index (χ3v) is 3.99. The minimum Gasteiger partial charge on any atom is -0.370 e. The van der Waals surface area contributed by atoms with E-state index in [4.69, 9.17) is 5.73 Å². The Hall–Kier alpha value is -2.11. The van der Waals surface area contributed by atoms with Gasteiger partial charge in [-0.25, -0.2) is 9.97 Å². The van der Waals surface area contributed by atoms with Crippen LogP contribution < -0.4 is 10.6 Å². The number of anilines is 1. The number of nitrogens with zero attached hydrogens (tertiary/aromatic N) is 3. The van der Waals surface area contributed by atoms with Crippen LogP contribution in [0.2, 0.25) is 0 Å². The molecule has 6 heteroatoms. The summed E-state index contributed by atoms with van der Waals surface area (Å²) < 4.78 is 0. The van der Waals surface area contributed by atoms with E-state index in [1.165, 1.54) is 5.56 Å². The Bertz CT molecular complexity index is 636. The van der Waals surface area contributed by atoms with Crippen LogP contribution in [-0.4, -0.2) is 33.9 Å². The number of H-pyrrole nitrogens is 1. The average molecular weight is 273 g/mol. The predicted octanol–water partition coefficient (Wildman–Crippen LogP) is 1.22. The van der Waals surface area contributed by atoms with Crippen LogP contribution in [0.15, 0.2) is 12.5 Å². The first-order valence-corrected chi connectivity index (χ1v) is 7.03. The topological polar surface area (TPSA) is 87.9 Å². The SMILES string of the molecule is CCc1c[nH]c2ncnc(N3CCC(CC(N)=O)C3)c12. The molecule has 3 rings (SSSR count). The summed E-state index contributed by atoms with van der Waals surface area (Å²) in [5.74, 6) is 1.09. The van der Waals surface area contributed by atoms with Crippen LogP contribution >= 0.6 is 0 Å². The molecule has 6 nitrogen and oxygen atoms in total. The number of fused-ring (bicyclic) bond motifs is 1. The number of carbonyl (C=O) groups excluding carboxylic acids is 1. The van der Waals surface area contributed by atoms with Crippen molar-refractivity contribution in [3.8, 4) is 0 Å². The first kappa shape index (κ1) is 12.9. The van der Waals surface area contributed by atoms with Crippen molar-refractivity contribution in [2.24, 2.45) is 11.7 Å². The van der Waals surface area contributed by atoms with Gasteiger partial charge in [-0.2, -0.15) is 0 Å². The monoisotopic (exact) mass is 273 g/mol. The summed E-state index contributed by atoms with van der Waals surface area (Å²) in [4.78, 5) is 25.2. The van der Waals surface area contributed by atoms with Gasteiger partial charge in [0.05, 0.1) is 5.39 Å². The first-order chi connectivity index (χ1) is 9.69. The van der Waals surface area contributed by atoms with Crippen LogP contribution in [0.1, 0.15) is 25.3 Å². The third-order valence-electron chi connectivity index (χ3n) is 3.99. The highest BCUT2D eigenvalue weighted by molar-refractivity contribution is 5.91. The van der Waals surface area contributed by atoms with E-state index in [2.05, 4.69) is 26.8 Å². The van der Waals surface area contributed by atoms with E-state index in [1.807, 2.05) is 6.20 Å². The summed E-state index contributed by atoms with van der Waals surface area (Å²) in [7, 11) is 0. The van der Waals surface area contributed by atoms with Crippen molar-refractivity contribution in [1.82, 2.24) is 15.0 Å². The van der Waals surface area contributed by atoms with Crippen LogP contribution in [-0.2, 0) is 11.2 Å². The second-order valence-electron chi connectivity index (χ2n) is 5.36. The highest BCUT2D eigenvalue weighted by atomic mass is 16.1. The first-order valence-electron chi connectivity index (χ1n) is 7.03. The lowest BCUT2D eigenvalue weighted by atomic mass is 10.1. The van der Waals surface area contributed by atoms with Gasteiger partial charge in [0.25, 0.3) is 0 Å². The van der Waals surface area contributed by atoms with Crippen LogP contribution in [0.25, 0.3) is 11.0 Å². The minimum atomic E-state index is -0.222. The molecule has 106 valence electrons. The van der Waals surface area contributed by atoms with Crippen molar-refractivity contribution in [1.29, 1.82) is 0 Å². The highest BCUT2D eigenvalue weighted by Crippen LogP contribution is 2.31. The van der Waals surface area contributed by atoms with Gasteiger partial charge in [-0.1, -0.05) is 6.92 Å². The zero-order chi connectivity index (χ0) is 14.1. The molecule has 20 heavy (non-hydrogen) atoms. The van der Waals surface area contributed by atoms with Crippen LogP contribution in [0.3, 0.4) is 0 Å². The number of amides is 1. The summed E-state index contributed by atoms with van der Waals surface area (Å²) in [6.07, 6.45) is 5.98. The number of carbonyl (C=O) groups is 1. The minimum absolute atomic E-state index is 0.222. The largest absolute Gasteiger partial charge is 0.370 e. The molecule has 2 aromatic rings. The van der Waals surface area contributed by atoms with Crippen LogP contribution in [0.4, 0.5) is 5.82 Å². The van der Waals surface area contributed by atoms with E-state index >= 15 is 0 Å². The summed E-state index contributed by atoms with van der Waals surface area (Å²) in [6, 6.07) is 0. The van der Waals surface area contributed by atoms with Gasteiger partial charge in [-0.15, -0.1) is 0 Å². The predicted molar refractivity (Wildman–Crippen MR) is 77.4 cm³/mol. The van der Waals surface area contributed by atoms with E-state index in [9.17, 15) is 4.79 Å². The molecule has 0 spiro atoms. The zero-order valence-corrected chi connectivity index (χ0v) is 11.6. The van der Waals surface area contributed by atoms with Gasteiger partial charge in [0.15, 0.2) is 0 Å². The Morgan fingerprint density at radius 3 is 3.15 bits per heavy atom. The van der Waals surface area contributed by atoms with Gasteiger partial charge in [-0.05, 0) is 24.3 Å². The normalized spacial score (nSPS) is 18.9. The number of aromatic nitrogens is 3. The van der Waals surface area contributed by atoms with Gasteiger partial charge in [0.2, 0.25) is 5.91 Å². The average Bonchev–Trinajstić information content (AvgIpc) is 3.03. The molecule has 2 aromatic heterocycles. The second kappa shape index (κ2) is 5.11. The fourth-order valence-corrected chi connectivity index (χ4v) is 3.00. The molecule has 0 radical (unpaired) electrons. The number of nitrogens with two attached hydrogens (primary N) is 1. The second-order valence-corrected chi connectivity index (χ2v) is 5.36. The molecule has 0 saturated carbocycles. The number of aromatic amines is 1. The molecule has 1 unspecified atom stereocenters. The van der Waals surface area contributed by atoms with Gasteiger partial charge < -0.3 is 15.6 Å². The van der Waals surface area contributed by atoms with Gasteiger partial charge in [0, 0.05) is 25.7 Å². The van der Waals surface area contributed by atoms with E-state index < -0.39 is 0 Å². The molecule has 0 aliphatic carbocycles. The van der Waals surface area contributed by atoms with Crippen molar-refractivity contribution >= 4 is 22.8 Å². The maximum atomic E-state index is 11.0. The van der Waals surface area contributed by atoms with Gasteiger partial charge in [-0.3, -0.25) is 4.79 Å². The molecule has 0 bridgehead atoms. The lowest BCUT2D eigenvalue weighted by Crippen LogP contribution is -2.23. The molecule has 1 atom stereocenters. The molecule has 1 saturated heterocycles. The molecule has 1 fully saturated rings. The Labute approximate surface area is 117 Å². The number of nitrogens with one attached hydrogen (secondary N) is 1. The number of hydrogen-bond acceptors (Lipinski definition) is 4. The maximum absolute atomic E-state index is 11.0. The van der Waals surface area contributed by atoms with Crippen LogP contribution in [0.5, 0.6) is 0 Å². The number of aryl methyl sites for hydroxylation is 1. The van der Waals surface area contributed by atoms with Crippen molar-refractivity contribution < 1.29 is 4.79 Å². The Balaban J connectivity index is 1.91. The zero-order valence-electron chi connectivity index (χ0n) is 11.6. The lowest BCUT2D eigenvalue weighted by Gasteiger charge is -2.18. The number of hydrogen-bond donors (Lipinski definition) is 2. The van der Waals surface area contributed by atoms with Crippen molar-refractivity contribution in [2.75, 3.05) is 18.0 Å².